The Morgan fingerprint density at radius 2 is 1.86 bits per heavy atom. The molecular weight excluding hydrogens is 177 g/mol. The number of hydrogen-bond donors (Lipinski definition) is 1. The van der Waals surface area contributed by atoms with Crippen LogP contribution in [0.15, 0.2) is 18.2 Å². The minimum atomic E-state index is -0.172. The maximum absolute atomic E-state index is 13.5. The fourth-order valence-corrected chi connectivity index (χ4v) is 1.40. The summed E-state index contributed by atoms with van der Waals surface area (Å²) in [4.78, 5) is 0. The van der Waals surface area contributed by atoms with Crippen molar-refractivity contribution in [2.45, 2.75) is 39.2 Å². The first-order chi connectivity index (χ1) is 6.32. The topological polar surface area (TPSA) is 26.0 Å². The Morgan fingerprint density at radius 3 is 2.29 bits per heavy atom. The predicted octanol–water partition coefficient (Wildman–Crippen LogP) is 3.14. The van der Waals surface area contributed by atoms with Gasteiger partial charge in [-0.15, -0.1) is 0 Å². The van der Waals surface area contributed by atoms with E-state index in [-0.39, 0.29) is 17.3 Å². The average molecular weight is 195 g/mol. The summed E-state index contributed by atoms with van der Waals surface area (Å²) < 4.78 is 13.5. The fourth-order valence-electron chi connectivity index (χ4n) is 1.40. The highest BCUT2D eigenvalue weighted by molar-refractivity contribution is 5.31. The van der Waals surface area contributed by atoms with E-state index in [2.05, 4.69) is 0 Å². The van der Waals surface area contributed by atoms with Crippen molar-refractivity contribution in [3.63, 3.8) is 0 Å². The van der Waals surface area contributed by atoms with Gasteiger partial charge in [0.25, 0.3) is 0 Å². The molecule has 0 bridgehead atoms. The second-order valence-electron chi connectivity index (χ2n) is 4.78. The number of nitrogens with two attached hydrogens (primary N) is 1. The fraction of sp³-hybridized carbons (Fsp3) is 0.500. The highest BCUT2D eigenvalue weighted by Gasteiger charge is 2.19. The minimum Gasteiger partial charge on any atom is -0.324 e. The lowest BCUT2D eigenvalue weighted by Crippen LogP contribution is -2.15. The van der Waals surface area contributed by atoms with Crippen LogP contribution < -0.4 is 5.73 Å². The van der Waals surface area contributed by atoms with Crippen LogP contribution in [0.4, 0.5) is 4.39 Å². The molecule has 0 aromatic heterocycles. The van der Waals surface area contributed by atoms with E-state index in [9.17, 15) is 4.39 Å². The summed E-state index contributed by atoms with van der Waals surface area (Å²) in [5, 5.41) is 0. The molecule has 0 radical (unpaired) electrons. The second kappa shape index (κ2) is 3.70. The van der Waals surface area contributed by atoms with Crippen molar-refractivity contribution in [1.82, 2.24) is 0 Å². The van der Waals surface area contributed by atoms with Gasteiger partial charge in [-0.1, -0.05) is 32.9 Å². The molecule has 1 nitrogen and oxygen atoms in total. The Kier molecular flexibility index (Phi) is 2.95. The summed E-state index contributed by atoms with van der Waals surface area (Å²) in [6.07, 6.45) is 0. The smallest absolute Gasteiger partial charge is 0.126 e. The first kappa shape index (κ1) is 11.2. The van der Waals surface area contributed by atoms with E-state index in [0.717, 1.165) is 11.1 Å². The normalized spacial score (nSPS) is 14.1. The van der Waals surface area contributed by atoms with Crippen LogP contribution in [0.2, 0.25) is 0 Å². The third-order valence-electron chi connectivity index (χ3n) is 2.32. The van der Waals surface area contributed by atoms with Gasteiger partial charge in [-0.25, -0.2) is 4.39 Å². The van der Waals surface area contributed by atoms with Gasteiger partial charge in [0.15, 0.2) is 0 Å². The van der Waals surface area contributed by atoms with Gasteiger partial charge >= 0.3 is 0 Å². The summed E-state index contributed by atoms with van der Waals surface area (Å²) in [5.41, 5.74) is 7.29. The summed E-state index contributed by atoms with van der Waals surface area (Å²) in [6.45, 7) is 7.89. The lowest BCUT2D eigenvalue weighted by Gasteiger charge is -2.21. The molecule has 78 valence electrons. The third-order valence-corrected chi connectivity index (χ3v) is 2.32. The third kappa shape index (κ3) is 2.32. The SMILES string of the molecule is C[C@H](N)c1ccc(F)c(C(C)(C)C)c1. The molecule has 0 amide bonds. The van der Waals surface area contributed by atoms with Gasteiger partial charge in [0.2, 0.25) is 0 Å². The van der Waals surface area contributed by atoms with Crippen molar-refractivity contribution >= 4 is 0 Å². The minimum absolute atomic E-state index is 0.0447. The van der Waals surface area contributed by atoms with Crippen LogP contribution in [0.5, 0.6) is 0 Å². The van der Waals surface area contributed by atoms with Crippen LogP contribution >= 0.6 is 0 Å². The number of hydrogen-bond acceptors (Lipinski definition) is 1. The molecule has 0 aliphatic rings. The van der Waals surface area contributed by atoms with Crippen LogP contribution in [-0.4, -0.2) is 0 Å². The van der Waals surface area contributed by atoms with E-state index in [1.165, 1.54) is 6.07 Å². The van der Waals surface area contributed by atoms with E-state index in [4.69, 9.17) is 5.73 Å². The molecule has 2 heteroatoms. The van der Waals surface area contributed by atoms with Crippen LogP contribution in [-0.2, 0) is 5.41 Å². The van der Waals surface area contributed by atoms with E-state index in [1.54, 1.807) is 6.07 Å². The van der Waals surface area contributed by atoms with Crippen LogP contribution in [0.3, 0.4) is 0 Å². The standard InChI is InChI=1S/C12H18FN/c1-8(14)9-5-6-11(13)10(7-9)12(2,3)4/h5-8H,14H2,1-4H3/t8-/m0/s1. The maximum atomic E-state index is 13.5. The predicted molar refractivity (Wildman–Crippen MR) is 57.7 cm³/mol. The molecule has 14 heavy (non-hydrogen) atoms. The molecular formula is C12H18FN. The zero-order chi connectivity index (χ0) is 10.9. The molecule has 0 heterocycles. The van der Waals surface area contributed by atoms with Crippen LogP contribution in [0.1, 0.15) is 44.9 Å². The zero-order valence-corrected chi connectivity index (χ0v) is 9.26. The molecule has 0 fully saturated rings. The van der Waals surface area contributed by atoms with Crippen molar-refractivity contribution < 1.29 is 4.39 Å². The molecule has 1 aromatic carbocycles. The molecule has 1 rings (SSSR count). The summed E-state index contributed by atoms with van der Waals surface area (Å²) in [5.74, 6) is -0.151. The maximum Gasteiger partial charge on any atom is 0.126 e. The summed E-state index contributed by atoms with van der Waals surface area (Å²) in [6, 6.07) is 5.06. The number of rotatable bonds is 1. The number of halogens is 1. The molecule has 0 saturated heterocycles. The number of benzene rings is 1. The van der Waals surface area contributed by atoms with E-state index < -0.39 is 0 Å². The van der Waals surface area contributed by atoms with Crippen LogP contribution in [0.25, 0.3) is 0 Å². The molecule has 0 aliphatic heterocycles. The highest BCUT2D eigenvalue weighted by atomic mass is 19.1. The molecule has 0 spiro atoms. The van der Waals surface area contributed by atoms with Crippen molar-refractivity contribution in [3.05, 3.63) is 35.1 Å². The van der Waals surface area contributed by atoms with Gasteiger partial charge in [0, 0.05) is 6.04 Å². The Morgan fingerprint density at radius 1 is 1.29 bits per heavy atom. The van der Waals surface area contributed by atoms with Crippen molar-refractivity contribution in [2.24, 2.45) is 5.73 Å². The van der Waals surface area contributed by atoms with E-state index >= 15 is 0 Å². The van der Waals surface area contributed by atoms with Gasteiger partial charge in [-0.2, -0.15) is 0 Å². The Bertz CT molecular complexity index is 324. The van der Waals surface area contributed by atoms with Crippen LogP contribution in [0, 0.1) is 5.82 Å². The zero-order valence-electron chi connectivity index (χ0n) is 9.26. The molecule has 1 aromatic rings. The monoisotopic (exact) mass is 195 g/mol. The van der Waals surface area contributed by atoms with Crippen molar-refractivity contribution in [1.29, 1.82) is 0 Å². The van der Waals surface area contributed by atoms with Gasteiger partial charge in [0.05, 0.1) is 0 Å². The quantitative estimate of drug-likeness (QED) is 0.732. The van der Waals surface area contributed by atoms with Gasteiger partial charge in [0.1, 0.15) is 5.82 Å². The summed E-state index contributed by atoms with van der Waals surface area (Å²) >= 11 is 0. The molecule has 1 atom stereocenters. The van der Waals surface area contributed by atoms with Crippen molar-refractivity contribution in [2.75, 3.05) is 0 Å². The lowest BCUT2D eigenvalue weighted by atomic mass is 9.85. The van der Waals surface area contributed by atoms with Gasteiger partial charge < -0.3 is 5.73 Å². The average Bonchev–Trinajstić information content (AvgIpc) is 2.02. The van der Waals surface area contributed by atoms with Gasteiger partial charge in [-0.05, 0) is 29.5 Å². The largest absolute Gasteiger partial charge is 0.324 e. The van der Waals surface area contributed by atoms with E-state index in [1.807, 2.05) is 33.8 Å². The lowest BCUT2D eigenvalue weighted by molar-refractivity contribution is 0.521. The first-order valence-electron chi connectivity index (χ1n) is 4.88. The van der Waals surface area contributed by atoms with E-state index in [0.29, 0.717) is 0 Å². The molecule has 0 aliphatic carbocycles. The summed E-state index contributed by atoms with van der Waals surface area (Å²) in [7, 11) is 0. The molecule has 2 N–H and O–H groups in total. The molecule has 0 saturated carbocycles. The second-order valence-corrected chi connectivity index (χ2v) is 4.78. The first-order valence-corrected chi connectivity index (χ1v) is 4.88. The molecule has 0 unspecified atom stereocenters. The van der Waals surface area contributed by atoms with Gasteiger partial charge in [-0.3, -0.25) is 0 Å². The Hall–Kier alpha value is -0.890. The Labute approximate surface area is 85.1 Å². The highest BCUT2D eigenvalue weighted by Crippen LogP contribution is 2.27. The Balaban J connectivity index is 3.22. The van der Waals surface area contributed by atoms with Crippen molar-refractivity contribution in [3.8, 4) is 0 Å².